The molecule has 0 radical (unpaired) electrons. The number of hydrogen-bond donors (Lipinski definition) is 1. The highest BCUT2D eigenvalue weighted by molar-refractivity contribution is 14.1. The van der Waals surface area contributed by atoms with Gasteiger partial charge in [0, 0.05) is 12.1 Å². The second kappa shape index (κ2) is 6.52. The molecular formula is C16H20IN3. The molecule has 20 heavy (non-hydrogen) atoms. The molecular weight excluding hydrogens is 361 g/mol. The Morgan fingerprint density at radius 2 is 1.90 bits per heavy atom. The summed E-state index contributed by atoms with van der Waals surface area (Å²) in [5.41, 5.74) is 4.61. The zero-order valence-corrected chi connectivity index (χ0v) is 14.6. The number of aromatic nitrogens is 2. The van der Waals surface area contributed by atoms with Gasteiger partial charge in [0.15, 0.2) is 5.82 Å². The van der Waals surface area contributed by atoms with Crippen molar-refractivity contribution < 1.29 is 0 Å². The summed E-state index contributed by atoms with van der Waals surface area (Å²) < 4.78 is 1.10. The summed E-state index contributed by atoms with van der Waals surface area (Å²) in [5.74, 6) is 1.74. The van der Waals surface area contributed by atoms with Gasteiger partial charge in [-0.25, -0.2) is 9.97 Å². The van der Waals surface area contributed by atoms with Gasteiger partial charge in [0.25, 0.3) is 0 Å². The average molecular weight is 381 g/mol. The molecule has 2 rings (SSSR count). The number of nitrogens with zero attached hydrogens (tertiary/aromatic N) is 2. The van der Waals surface area contributed by atoms with Crippen LogP contribution in [0.15, 0.2) is 18.2 Å². The molecule has 0 spiro atoms. The number of nitrogens with one attached hydrogen (secondary N) is 1. The first-order valence-corrected chi connectivity index (χ1v) is 7.96. The van der Waals surface area contributed by atoms with Crippen LogP contribution in [0, 0.1) is 24.3 Å². The third kappa shape index (κ3) is 3.29. The van der Waals surface area contributed by atoms with Crippen LogP contribution in [0.3, 0.4) is 0 Å². The topological polar surface area (TPSA) is 37.8 Å². The first kappa shape index (κ1) is 15.2. The van der Waals surface area contributed by atoms with Crippen molar-refractivity contribution >= 4 is 28.4 Å². The number of halogens is 1. The van der Waals surface area contributed by atoms with E-state index in [9.17, 15) is 0 Å². The molecule has 1 N–H and O–H groups in total. The van der Waals surface area contributed by atoms with Crippen LogP contribution in [0.4, 0.5) is 5.82 Å². The van der Waals surface area contributed by atoms with E-state index in [0.29, 0.717) is 0 Å². The van der Waals surface area contributed by atoms with Crippen molar-refractivity contribution in [3.05, 3.63) is 38.6 Å². The first-order chi connectivity index (χ1) is 9.52. The van der Waals surface area contributed by atoms with Crippen LogP contribution < -0.4 is 5.32 Å². The van der Waals surface area contributed by atoms with Gasteiger partial charge in [-0.05, 0) is 55.3 Å². The predicted octanol–water partition coefficient (Wildman–Crippen LogP) is 4.50. The molecule has 4 heteroatoms. The highest BCUT2D eigenvalue weighted by Crippen LogP contribution is 2.26. The summed E-state index contributed by atoms with van der Waals surface area (Å²) in [4.78, 5) is 9.35. The predicted molar refractivity (Wildman–Crippen MR) is 93.2 cm³/mol. The summed E-state index contributed by atoms with van der Waals surface area (Å²) >= 11 is 2.31. The Labute approximate surface area is 134 Å². The van der Waals surface area contributed by atoms with E-state index in [1.165, 1.54) is 11.1 Å². The lowest BCUT2D eigenvalue weighted by molar-refractivity contribution is 0.958. The fraction of sp³-hybridized carbons (Fsp3) is 0.375. The molecule has 2 aromatic rings. The molecule has 1 heterocycles. The third-order valence-corrected chi connectivity index (χ3v) is 4.47. The lowest BCUT2D eigenvalue weighted by Gasteiger charge is -2.12. The van der Waals surface area contributed by atoms with E-state index in [1.54, 1.807) is 0 Å². The van der Waals surface area contributed by atoms with Crippen molar-refractivity contribution in [3.8, 4) is 11.4 Å². The zero-order valence-electron chi connectivity index (χ0n) is 12.4. The summed E-state index contributed by atoms with van der Waals surface area (Å²) in [6.07, 6.45) is 1.08. The van der Waals surface area contributed by atoms with Gasteiger partial charge < -0.3 is 5.32 Å². The second-order valence-corrected chi connectivity index (χ2v) is 6.12. The Hall–Kier alpha value is -1.17. The Balaban J connectivity index is 2.48. The van der Waals surface area contributed by atoms with E-state index in [1.807, 2.05) is 6.92 Å². The van der Waals surface area contributed by atoms with E-state index in [4.69, 9.17) is 4.98 Å². The van der Waals surface area contributed by atoms with Gasteiger partial charge >= 0.3 is 0 Å². The molecule has 0 aliphatic heterocycles. The highest BCUT2D eigenvalue weighted by Gasteiger charge is 2.12. The molecule has 0 aliphatic carbocycles. The Bertz CT molecular complexity index is 623. The average Bonchev–Trinajstić information content (AvgIpc) is 2.40. The maximum absolute atomic E-state index is 4.70. The lowest BCUT2D eigenvalue weighted by atomic mass is 10.1. The fourth-order valence-electron chi connectivity index (χ4n) is 2.10. The SMILES string of the molecule is CCCNc1nc(-c2ccc(C)cc2C)nc(C)c1I. The molecule has 0 aliphatic rings. The molecule has 0 saturated heterocycles. The largest absolute Gasteiger partial charge is 0.369 e. The van der Waals surface area contributed by atoms with Crippen LogP contribution in [0.5, 0.6) is 0 Å². The van der Waals surface area contributed by atoms with E-state index in [0.717, 1.165) is 39.4 Å². The number of rotatable bonds is 4. The van der Waals surface area contributed by atoms with Crippen molar-refractivity contribution in [2.75, 3.05) is 11.9 Å². The van der Waals surface area contributed by atoms with E-state index < -0.39 is 0 Å². The molecule has 0 bridgehead atoms. The molecule has 3 nitrogen and oxygen atoms in total. The summed E-state index contributed by atoms with van der Waals surface area (Å²) in [6.45, 7) is 9.33. The van der Waals surface area contributed by atoms with E-state index in [2.05, 4.69) is 71.9 Å². The van der Waals surface area contributed by atoms with Gasteiger partial charge in [0.05, 0.1) is 9.26 Å². The van der Waals surface area contributed by atoms with Gasteiger partial charge in [0.1, 0.15) is 5.82 Å². The summed E-state index contributed by atoms with van der Waals surface area (Å²) in [5, 5.41) is 3.39. The third-order valence-electron chi connectivity index (χ3n) is 3.18. The van der Waals surface area contributed by atoms with Crippen molar-refractivity contribution in [1.29, 1.82) is 0 Å². The van der Waals surface area contributed by atoms with Crippen molar-refractivity contribution in [1.82, 2.24) is 9.97 Å². The molecule has 1 aromatic heterocycles. The van der Waals surface area contributed by atoms with Gasteiger partial charge in [-0.1, -0.05) is 30.7 Å². The maximum atomic E-state index is 4.70. The number of aryl methyl sites for hydroxylation is 3. The maximum Gasteiger partial charge on any atom is 0.162 e. The van der Waals surface area contributed by atoms with Crippen LogP contribution in [-0.4, -0.2) is 16.5 Å². The van der Waals surface area contributed by atoms with Crippen LogP contribution in [0.2, 0.25) is 0 Å². The molecule has 0 atom stereocenters. The van der Waals surface area contributed by atoms with Gasteiger partial charge in [0.2, 0.25) is 0 Å². The summed E-state index contributed by atoms with van der Waals surface area (Å²) in [6, 6.07) is 6.39. The quantitative estimate of drug-likeness (QED) is 0.793. The highest BCUT2D eigenvalue weighted by atomic mass is 127. The molecule has 0 unspecified atom stereocenters. The number of hydrogen-bond acceptors (Lipinski definition) is 3. The normalized spacial score (nSPS) is 10.7. The van der Waals surface area contributed by atoms with Crippen LogP contribution in [0.25, 0.3) is 11.4 Å². The Kier molecular flexibility index (Phi) is 4.96. The molecule has 0 fully saturated rings. The van der Waals surface area contributed by atoms with Crippen LogP contribution in [0.1, 0.15) is 30.2 Å². The number of benzene rings is 1. The van der Waals surface area contributed by atoms with Gasteiger partial charge in [-0.2, -0.15) is 0 Å². The van der Waals surface area contributed by atoms with Gasteiger partial charge in [-0.15, -0.1) is 0 Å². The smallest absolute Gasteiger partial charge is 0.162 e. The van der Waals surface area contributed by atoms with Crippen molar-refractivity contribution in [3.63, 3.8) is 0 Å². The van der Waals surface area contributed by atoms with Gasteiger partial charge in [-0.3, -0.25) is 0 Å². The first-order valence-electron chi connectivity index (χ1n) is 6.88. The molecule has 1 aromatic carbocycles. The van der Waals surface area contributed by atoms with Crippen LogP contribution in [-0.2, 0) is 0 Å². The molecule has 0 amide bonds. The standard InChI is InChI=1S/C16H20IN3/c1-5-8-18-16-14(17)12(4)19-15(20-16)13-7-6-10(2)9-11(13)3/h6-7,9H,5,8H2,1-4H3,(H,18,19,20). The molecule has 106 valence electrons. The monoisotopic (exact) mass is 381 g/mol. The van der Waals surface area contributed by atoms with Crippen molar-refractivity contribution in [2.24, 2.45) is 0 Å². The zero-order chi connectivity index (χ0) is 14.7. The second-order valence-electron chi connectivity index (χ2n) is 5.04. The molecule has 0 saturated carbocycles. The minimum atomic E-state index is 0.805. The number of anilines is 1. The van der Waals surface area contributed by atoms with E-state index in [-0.39, 0.29) is 0 Å². The van der Waals surface area contributed by atoms with E-state index >= 15 is 0 Å². The Morgan fingerprint density at radius 1 is 1.15 bits per heavy atom. The Morgan fingerprint density at radius 3 is 2.55 bits per heavy atom. The minimum Gasteiger partial charge on any atom is -0.369 e. The fourth-order valence-corrected chi connectivity index (χ4v) is 2.54. The minimum absolute atomic E-state index is 0.805. The van der Waals surface area contributed by atoms with Crippen LogP contribution >= 0.6 is 22.6 Å². The lowest BCUT2D eigenvalue weighted by Crippen LogP contribution is -2.08. The summed E-state index contributed by atoms with van der Waals surface area (Å²) in [7, 11) is 0. The van der Waals surface area contributed by atoms with Crippen molar-refractivity contribution in [2.45, 2.75) is 34.1 Å².